The molecule has 0 aliphatic carbocycles. The number of carbonyl (C=O) groups excluding carboxylic acids is 1. The van der Waals surface area contributed by atoms with Crippen LogP contribution in [0.2, 0.25) is 0 Å². The normalized spacial score (nSPS) is 18.1. The van der Waals surface area contributed by atoms with Gasteiger partial charge in [-0.2, -0.15) is 5.10 Å². The average Bonchev–Trinajstić information content (AvgIpc) is 3.19. The molecule has 1 amide bonds. The number of aryl methyl sites for hydroxylation is 3. The topological polar surface area (TPSA) is 38.1 Å². The van der Waals surface area contributed by atoms with Crippen molar-refractivity contribution in [1.29, 1.82) is 0 Å². The summed E-state index contributed by atoms with van der Waals surface area (Å²) in [5.41, 5.74) is 3.49. The van der Waals surface area contributed by atoms with Gasteiger partial charge in [0.25, 0.3) is 0 Å². The van der Waals surface area contributed by atoms with Crippen molar-refractivity contribution in [1.82, 2.24) is 14.7 Å². The SMILES string of the molecule is Cc1nn(C)c(C)c1C1CCCN1C(=O)CCc1cccs1. The van der Waals surface area contributed by atoms with E-state index >= 15 is 0 Å². The number of thiophene rings is 1. The quantitative estimate of drug-likeness (QED) is 0.867. The lowest BCUT2D eigenvalue weighted by molar-refractivity contribution is -0.132. The van der Waals surface area contributed by atoms with Gasteiger partial charge in [-0.25, -0.2) is 0 Å². The lowest BCUT2D eigenvalue weighted by atomic mass is 10.0. The number of carbonyl (C=O) groups is 1. The zero-order valence-corrected chi connectivity index (χ0v) is 14.3. The molecular formula is C17H23N3OS. The van der Waals surface area contributed by atoms with Crippen LogP contribution in [0.1, 0.15) is 47.1 Å². The van der Waals surface area contributed by atoms with E-state index in [0.29, 0.717) is 6.42 Å². The van der Waals surface area contributed by atoms with Gasteiger partial charge in [-0.15, -0.1) is 11.3 Å². The molecule has 2 aromatic heterocycles. The Labute approximate surface area is 135 Å². The van der Waals surface area contributed by atoms with Crippen molar-refractivity contribution < 1.29 is 4.79 Å². The van der Waals surface area contributed by atoms with E-state index in [0.717, 1.165) is 31.5 Å². The Morgan fingerprint density at radius 2 is 2.27 bits per heavy atom. The molecule has 3 heterocycles. The van der Waals surface area contributed by atoms with Crippen molar-refractivity contribution in [2.75, 3.05) is 6.54 Å². The van der Waals surface area contributed by atoms with Crippen LogP contribution in [0.3, 0.4) is 0 Å². The Kier molecular flexibility index (Phi) is 4.34. The predicted octanol–water partition coefficient (Wildman–Crippen LogP) is 3.39. The fourth-order valence-corrected chi connectivity index (χ4v) is 4.18. The fourth-order valence-electron chi connectivity index (χ4n) is 3.47. The molecule has 0 N–H and O–H groups in total. The summed E-state index contributed by atoms with van der Waals surface area (Å²) < 4.78 is 1.93. The van der Waals surface area contributed by atoms with E-state index in [1.54, 1.807) is 11.3 Å². The van der Waals surface area contributed by atoms with E-state index in [1.807, 2.05) is 17.8 Å². The molecule has 22 heavy (non-hydrogen) atoms. The molecule has 1 saturated heterocycles. The summed E-state index contributed by atoms with van der Waals surface area (Å²) in [6.07, 6.45) is 3.60. The molecule has 3 rings (SSSR count). The van der Waals surface area contributed by atoms with Gasteiger partial charge in [-0.3, -0.25) is 9.48 Å². The molecule has 1 aliphatic heterocycles. The van der Waals surface area contributed by atoms with E-state index in [1.165, 1.54) is 16.1 Å². The zero-order chi connectivity index (χ0) is 15.7. The number of aromatic nitrogens is 2. The predicted molar refractivity (Wildman–Crippen MR) is 89.0 cm³/mol. The Bertz CT molecular complexity index is 660. The van der Waals surface area contributed by atoms with E-state index in [2.05, 4.69) is 35.3 Å². The lowest BCUT2D eigenvalue weighted by Crippen LogP contribution is -2.31. The van der Waals surface area contributed by atoms with Gasteiger partial charge in [0.2, 0.25) is 5.91 Å². The molecule has 1 fully saturated rings. The molecular weight excluding hydrogens is 294 g/mol. The number of nitrogens with zero attached hydrogens (tertiary/aromatic N) is 3. The van der Waals surface area contributed by atoms with Crippen LogP contribution >= 0.6 is 11.3 Å². The molecule has 2 aromatic rings. The summed E-state index contributed by atoms with van der Waals surface area (Å²) in [5, 5.41) is 6.59. The van der Waals surface area contributed by atoms with Gasteiger partial charge in [0.15, 0.2) is 0 Å². The highest BCUT2D eigenvalue weighted by Gasteiger charge is 2.33. The summed E-state index contributed by atoms with van der Waals surface area (Å²) in [5.74, 6) is 0.276. The van der Waals surface area contributed by atoms with Crippen LogP contribution in [0.15, 0.2) is 17.5 Å². The van der Waals surface area contributed by atoms with E-state index in [4.69, 9.17) is 0 Å². The van der Waals surface area contributed by atoms with E-state index < -0.39 is 0 Å². The molecule has 0 bridgehead atoms. The third kappa shape index (κ3) is 2.82. The monoisotopic (exact) mass is 317 g/mol. The second-order valence-electron chi connectivity index (χ2n) is 6.03. The number of amides is 1. The second kappa shape index (κ2) is 6.24. The van der Waals surface area contributed by atoms with Gasteiger partial charge in [-0.05, 0) is 44.6 Å². The molecule has 1 aliphatic rings. The molecule has 0 aromatic carbocycles. The first kappa shape index (κ1) is 15.3. The summed E-state index contributed by atoms with van der Waals surface area (Å²) in [7, 11) is 1.98. The maximum absolute atomic E-state index is 12.7. The standard InChI is InChI=1S/C17H23N3OS/c1-12-17(13(2)19(3)18-12)15-7-4-10-20(15)16(21)9-8-14-6-5-11-22-14/h5-6,11,15H,4,7-10H2,1-3H3. The van der Waals surface area contributed by atoms with Crippen LogP contribution in [-0.4, -0.2) is 27.1 Å². The smallest absolute Gasteiger partial charge is 0.223 e. The number of rotatable bonds is 4. The van der Waals surface area contributed by atoms with E-state index in [-0.39, 0.29) is 11.9 Å². The first-order valence-corrected chi connectivity index (χ1v) is 8.78. The molecule has 118 valence electrons. The molecule has 0 radical (unpaired) electrons. The second-order valence-corrected chi connectivity index (χ2v) is 7.06. The van der Waals surface area contributed by atoms with Crippen LogP contribution in [-0.2, 0) is 18.3 Å². The fraction of sp³-hybridized carbons (Fsp3) is 0.529. The summed E-state index contributed by atoms with van der Waals surface area (Å²) >= 11 is 1.73. The van der Waals surface area contributed by atoms with Crippen LogP contribution in [0, 0.1) is 13.8 Å². The number of hydrogen-bond donors (Lipinski definition) is 0. The Morgan fingerprint density at radius 3 is 2.91 bits per heavy atom. The van der Waals surface area contributed by atoms with Crippen molar-refractivity contribution in [3.63, 3.8) is 0 Å². The maximum atomic E-state index is 12.7. The highest BCUT2D eigenvalue weighted by molar-refractivity contribution is 7.09. The van der Waals surface area contributed by atoms with Gasteiger partial charge in [0.05, 0.1) is 11.7 Å². The van der Waals surface area contributed by atoms with Crippen LogP contribution in [0.4, 0.5) is 0 Å². The highest BCUT2D eigenvalue weighted by Crippen LogP contribution is 2.35. The minimum absolute atomic E-state index is 0.213. The summed E-state index contributed by atoms with van der Waals surface area (Å²) in [6.45, 7) is 5.03. The Morgan fingerprint density at radius 1 is 1.45 bits per heavy atom. The molecule has 1 unspecified atom stereocenters. The highest BCUT2D eigenvalue weighted by atomic mass is 32.1. The van der Waals surface area contributed by atoms with E-state index in [9.17, 15) is 4.79 Å². The van der Waals surface area contributed by atoms with Gasteiger partial charge in [0, 0.05) is 36.1 Å². The zero-order valence-electron chi connectivity index (χ0n) is 13.5. The largest absolute Gasteiger partial charge is 0.336 e. The third-order valence-corrected chi connectivity index (χ3v) is 5.57. The van der Waals surface area contributed by atoms with Crippen LogP contribution < -0.4 is 0 Å². The average molecular weight is 317 g/mol. The van der Waals surface area contributed by atoms with Crippen molar-refractivity contribution in [2.24, 2.45) is 7.05 Å². The summed E-state index contributed by atoms with van der Waals surface area (Å²) in [6, 6.07) is 4.37. The van der Waals surface area contributed by atoms with Crippen molar-refractivity contribution in [3.05, 3.63) is 39.3 Å². The number of hydrogen-bond acceptors (Lipinski definition) is 3. The van der Waals surface area contributed by atoms with Crippen molar-refractivity contribution in [3.8, 4) is 0 Å². The van der Waals surface area contributed by atoms with Gasteiger partial charge in [0.1, 0.15) is 0 Å². The van der Waals surface area contributed by atoms with Gasteiger partial charge >= 0.3 is 0 Å². The minimum atomic E-state index is 0.213. The molecule has 0 saturated carbocycles. The van der Waals surface area contributed by atoms with Gasteiger partial charge < -0.3 is 4.90 Å². The first-order chi connectivity index (χ1) is 10.6. The van der Waals surface area contributed by atoms with Crippen molar-refractivity contribution in [2.45, 2.75) is 45.6 Å². The molecule has 1 atom stereocenters. The Balaban J connectivity index is 1.73. The van der Waals surface area contributed by atoms with Gasteiger partial charge in [-0.1, -0.05) is 6.07 Å². The lowest BCUT2D eigenvalue weighted by Gasteiger charge is -2.25. The van der Waals surface area contributed by atoms with Crippen LogP contribution in [0.5, 0.6) is 0 Å². The minimum Gasteiger partial charge on any atom is -0.336 e. The summed E-state index contributed by atoms with van der Waals surface area (Å²) in [4.78, 5) is 16.0. The molecule has 5 heteroatoms. The third-order valence-electron chi connectivity index (χ3n) is 4.64. The van der Waals surface area contributed by atoms with Crippen molar-refractivity contribution >= 4 is 17.2 Å². The Hall–Kier alpha value is -1.62. The van der Waals surface area contributed by atoms with Crippen LogP contribution in [0.25, 0.3) is 0 Å². The molecule has 0 spiro atoms. The first-order valence-electron chi connectivity index (χ1n) is 7.90. The number of likely N-dealkylation sites (tertiary alicyclic amines) is 1. The maximum Gasteiger partial charge on any atom is 0.223 e. The molecule has 4 nitrogen and oxygen atoms in total.